The number of nitrogens with one attached hydrogen (secondary N) is 2. The molecule has 0 saturated carbocycles. The molecular weight excluding hydrogens is 524 g/mol. The van der Waals surface area contributed by atoms with Crippen LogP contribution in [-0.4, -0.2) is 74.6 Å². The van der Waals surface area contributed by atoms with Gasteiger partial charge in [0.25, 0.3) is 0 Å². The number of pyridine rings is 3. The minimum absolute atomic E-state index is 0.0467. The number of unbranched alkanes of at least 4 members (excludes halogenated alkanes) is 1. The highest BCUT2D eigenvalue weighted by Gasteiger charge is 2.37. The SMILES string of the molecule is CC(=O)Nc1ccc(-c2ccc3ncc4c(c3n2)N(C2CCN(C(=O)[C@H](C)N)CC2)C(=O)N/C4=C\CCCO)cn1. The van der Waals surface area contributed by atoms with Crippen LogP contribution >= 0.6 is 0 Å². The summed E-state index contributed by atoms with van der Waals surface area (Å²) in [5, 5.41) is 15.0. The predicted octanol–water partition coefficient (Wildman–Crippen LogP) is 2.63. The Bertz CT molecular complexity index is 1500. The third kappa shape index (κ3) is 5.88. The lowest BCUT2D eigenvalue weighted by Gasteiger charge is -2.41. The van der Waals surface area contributed by atoms with E-state index in [4.69, 9.17) is 10.7 Å². The first-order chi connectivity index (χ1) is 19.8. The summed E-state index contributed by atoms with van der Waals surface area (Å²) in [6.07, 6.45) is 7.61. The van der Waals surface area contributed by atoms with Crippen molar-refractivity contribution in [2.24, 2.45) is 5.73 Å². The van der Waals surface area contributed by atoms with Gasteiger partial charge in [-0.25, -0.2) is 14.8 Å². The molecule has 1 saturated heterocycles. The van der Waals surface area contributed by atoms with Gasteiger partial charge in [0.15, 0.2) is 0 Å². The molecule has 5 heterocycles. The fourth-order valence-corrected chi connectivity index (χ4v) is 5.28. The standard InChI is InChI=1S/C29H34N8O4/c1-17(30)28(40)36-12-10-20(11-13-36)37-27-21(23(35-29(37)41)5-3-4-14-38)16-31-24-8-7-22(34-26(24)27)19-6-9-25(32-15-19)33-18(2)39/h5-9,15-17,20,38H,3-4,10-14,30H2,1-2H3,(H,35,41)(H,32,33,39)/b23-5-/t17-/m0/s1. The first-order valence-corrected chi connectivity index (χ1v) is 13.8. The normalized spacial score (nSPS) is 17.4. The number of aliphatic hydroxyl groups is 1. The molecule has 2 aliphatic heterocycles. The number of rotatable bonds is 7. The van der Waals surface area contributed by atoms with E-state index in [2.05, 4.69) is 20.6 Å². The van der Waals surface area contributed by atoms with Gasteiger partial charge in [-0.3, -0.25) is 19.5 Å². The van der Waals surface area contributed by atoms with Crippen molar-refractivity contribution in [3.8, 4) is 11.3 Å². The number of amides is 4. The lowest BCUT2D eigenvalue weighted by Crippen LogP contribution is -2.55. The van der Waals surface area contributed by atoms with Crippen molar-refractivity contribution in [1.82, 2.24) is 25.2 Å². The van der Waals surface area contributed by atoms with E-state index in [9.17, 15) is 19.5 Å². The number of aromatic nitrogens is 3. The third-order valence-corrected chi connectivity index (χ3v) is 7.28. The average molecular weight is 559 g/mol. The second-order valence-corrected chi connectivity index (χ2v) is 10.3. The van der Waals surface area contributed by atoms with E-state index in [-0.39, 0.29) is 30.5 Å². The maximum atomic E-state index is 13.7. The summed E-state index contributed by atoms with van der Waals surface area (Å²) < 4.78 is 0. The Morgan fingerprint density at radius 1 is 1.20 bits per heavy atom. The lowest BCUT2D eigenvalue weighted by molar-refractivity contribution is -0.133. The summed E-state index contributed by atoms with van der Waals surface area (Å²) in [6.45, 7) is 4.14. The van der Waals surface area contributed by atoms with E-state index in [1.807, 2.05) is 24.3 Å². The number of likely N-dealkylation sites (tertiary alicyclic amines) is 1. The van der Waals surface area contributed by atoms with Crippen molar-refractivity contribution in [3.05, 3.63) is 48.3 Å². The van der Waals surface area contributed by atoms with Gasteiger partial charge in [-0.15, -0.1) is 0 Å². The molecule has 0 unspecified atom stereocenters. The molecule has 12 heteroatoms. The first kappa shape index (κ1) is 28.1. The largest absolute Gasteiger partial charge is 0.396 e. The summed E-state index contributed by atoms with van der Waals surface area (Å²) >= 11 is 0. The molecule has 214 valence electrons. The van der Waals surface area contributed by atoms with E-state index in [0.29, 0.717) is 72.7 Å². The number of nitrogens with two attached hydrogens (primary N) is 1. The lowest BCUT2D eigenvalue weighted by atomic mass is 9.98. The molecule has 2 aliphatic rings. The van der Waals surface area contributed by atoms with Crippen LogP contribution in [0.5, 0.6) is 0 Å². The second-order valence-electron chi connectivity index (χ2n) is 10.3. The Kier molecular flexibility index (Phi) is 8.22. The van der Waals surface area contributed by atoms with E-state index in [1.165, 1.54) is 6.92 Å². The van der Waals surface area contributed by atoms with Gasteiger partial charge < -0.3 is 26.4 Å². The quantitative estimate of drug-likeness (QED) is 0.321. The van der Waals surface area contributed by atoms with Crippen molar-refractivity contribution >= 4 is 46.1 Å². The van der Waals surface area contributed by atoms with Gasteiger partial charge in [-0.2, -0.15) is 0 Å². The fourth-order valence-electron chi connectivity index (χ4n) is 5.28. The van der Waals surface area contributed by atoms with Crippen LogP contribution in [0.3, 0.4) is 0 Å². The maximum Gasteiger partial charge on any atom is 0.326 e. The second kappa shape index (κ2) is 12.0. The van der Waals surface area contributed by atoms with Crippen LogP contribution in [-0.2, 0) is 9.59 Å². The summed E-state index contributed by atoms with van der Waals surface area (Å²) in [5.41, 5.74) is 10.4. The molecule has 3 aromatic heterocycles. The van der Waals surface area contributed by atoms with Gasteiger partial charge in [0, 0.05) is 61.9 Å². The molecule has 4 amide bonds. The van der Waals surface area contributed by atoms with E-state index < -0.39 is 6.04 Å². The van der Waals surface area contributed by atoms with Gasteiger partial charge in [0.1, 0.15) is 11.3 Å². The van der Waals surface area contributed by atoms with Crippen molar-refractivity contribution in [2.45, 2.75) is 51.6 Å². The molecule has 0 aliphatic carbocycles. The van der Waals surface area contributed by atoms with Crippen LogP contribution in [0.15, 0.2) is 42.7 Å². The highest BCUT2D eigenvalue weighted by molar-refractivity contribution is 6.11. The third-order valence-electron chi connectivity index (χ3n) is 7.28. The monoisotopic (exact) mass is 558 g/mol. The number of nitrogens with zero attached hydrogens (tertiary/aromatic N) is 5. The number of hydrogen-bond donors (Lipinski definition) is 4. The number of carbonyl (C=O) groups is 3. The number of fused-ring (bicyclic) bond motifs is 3. The number of anilines is 2. The molecule has 41 heavy (non-hydrogen) atoms. The molecular formula is C29H34N8O4. The van der Waals surface area contributed by atoms with Crippen molar-refractivity contribution in [2.75, 3.05) is 29.9 Å². The van der Waals surface area contributed by atoms with Gasteiger partial charge in [-0.05, 0) is 56.9 Å². The molecule has 0 bridgehead atoms. The van der Waals surface area contributed by atoms with Gasteiger partial charge in [0.2, 0.25) is 11.8 Å². The molecule has 1 fully saturated rings. The Morgan fingerprint density at radius 2 is 1.98 bits per heavy atom. The number of aliphatic hydroxyl groups excluding tert-OH is 1. The molecule has 1 atom stereocenters. The van der Waals surface area contributed by atoms with Crippen molar-refractivity contribution in [3.63, 3.8) is 0 Å². The number of urea groups is 1. The highest BCUT2D eigenvalue weighted by Crippen LogP contribution is 2.39. The molecule has 0 radical (unpaired) electrons. The Morgan fingerprint density at radius 3 is 2.63 bits per heavy atom. The van der Waals surface area contributed by atoms with Gasteiger partial charge in [-0.1, -0.05) is 6.08 Å². The minimum Gasteiger partial charge on any atom is -0.396 e. The maximum absolute atomic E-state index is 13.7. The predicted molar refractivity (Wildman–Crippen MR) is 156 cm³/mol. The smallest absolute Gasteiger partial charge is 0.326 e. The van der Waals surface area contributed by atoms with Crippen LogP contribution in [0, 0.1) is 0 Å². The van der Waals surface area contributed by atoms with E-state index in [1.54, 1.807) is 35.2 Å². The summed E-state index contributed by atoms with van der Waals surface area (Å²) in [5.74, 6) is 0.135. The molecule has 5 N–H and O–H groups in total. The van der Waals surface area contributed by atoms with Crippen LogP contribution < -0.4 is 21.3 Å². The summed E-state index contributed by atoms with van der Waals surface area (Å²) in [7, 11) is 0. The molecule has 3 aromatic rings. The molecule has 0 spiro atoms. The van der Waals surface area contributed by atoms with Crippen molar-refractivity contribution < 1.29 is 19.5 Å². The Labute approximate surface area is 237 Å². The number of piperidine rings is 1. The topological polar surface area (TPSA) is 167 Å². The zero-order valence-corrected chi connectivity index (χ0v) is 23.1. The van der Waals surface area contributed by atoms with Crippen LogP contribution in [0.1, 0.15) is 45.1 Å². The van der Waals surface area contributed by atoms with Gasteiger partial charge >= 0.3 is 6.03 Å². The number of allylic oxidation sites excluding steroid dienone is 1. The Hall–Kier alpha value is -4.42. The Balaban J connectivity index is 1.57. The number of carbonyl (C=O) groups excluding carboxylic acids is 3. The molecule has 5 rings (SSSR count). The first-order valence-electron chi connectivity index (χ1n) is 13.8. The fraction of sp³-hybridized carbons (Fsp3) is 0.379. The van der Waals surface area contributed by atoms with Crippen LogP contribution in [0.4, 0.5) is 16.3 Å². The van der Waals surface area contributed by atoms with E-state index in [0.717, 1.165) is 11.1 Å². The number of hydrogen-bond acceptors (Lipinski definition) is 8. The minimum atomic E-state index is -0.573. The average Bonchev–Trinajstić information content (AvgIpc) is 2.96. The van der Waals surface area contributed by atoms with Crippen molar-refractivity contribution in [1.29, 1.82) is 0 Å². The van der Waals surface area contributed by atoms with Crippen LogP contribution in [0.2, 0.25) is 0 Å². The zero-order chi connectivity index (χ0) is 29.1. The summed E-state index contributed by atoms with van der Waals surface area (Å²) in [4.78, 5) is 55.0. The summed E-state index contributed by atoms with van der Waals surface area (Å²) in [6, 6.07) is 6.23. The van der Waals surface area contributed by atoms with Gasteiger partial charge in [0.05, 0.1) is 22.9 Å². The molecule has 0 aromatic carbocycles. The molecule has 12 nitrogen and oxygen atoms in total. The highest BCUT2D eigenvalue weighted by atomic mass is 16.3. The van der Waals surface area contributed by atoms with E-state index >= 15 is 0 Å². The van der Waals surface area contributed by atoms with Crippen LogP contribution in [0.25, 0.3) is 28.0 Å². The zero-order valence-electron chi connectivity index (χ0n) is 23.1.